The Labute approximate surface area is 216 Å². The van der Waals surface area contributed by atoms with Crippen LogP contribution in [0.4, 0.5) is 15.8 Å². The maximum atomic E-state index is 14.5. The molecule has 2 N–H and O–H groups in total. The number of fused-ring (bicyclic) bond motifs is 2. The highest BCUT2D eigenvalue weighted by atomic mass is 19.1. The first-order valence-electron chi connectivity index (χ1n) is 13.1. The summed E-state index contributed by atoms with van der Waals surface area (Å²) in [5.74, 6) is -0.807. The molecule has 3 aromatic heterocycles. The number of rotatable bonds is 4. The van der Waals surface area contributed by atoms with E-state index >= 15 is 0 Å². The number of hydrogen-bond donors (Lipinski definition) is 2. The Morgan fingerprint density at radius 1 is 1.14 bits per heavy atom. The van der Waals surface area contributed by atoms with Crippen LogP contribution in [-0.4, -0.2) is 75.3 Å². The maximum absolute atomic E-state index is 14.5. The van der Waals surface area contributed by atoms with Crippen LogP contribution in [0.5, 0.6) is 0 Å². The van der Waals surface area contributed by atoms with Crippen LogP contribution in [-0.2, 0) is 7.05 Å². The zero-order chi connectivity index (χ0) is 26.1. The van der Waals surface area contributed by atoms with Crippen LogP contribution in [0.25, 0.3) is 16.6 Å². The molecule has 6 rings (SSSR count). The fourth-order valence-corrected chi connectivity index (χ4v) is 5.42. The van der Waals surface area contributed by atoms with Crippen LogP contribution in [0.3, 0.4) is 0 Å². The van der Waals surface area contributed by atoms with Crippen molar-refractivity contribution in [3.8, 4) is 0 Å². The van der Waals surface area contributed by atoms with Crippen molar-refractivity contribution in [2.75, 3.05) is 49.5 Å². The van der Waals surface area contributed by atoms with Gasteiger partial charge in [0.2, 0.25) is 0 Å². The van der Waals surface area contributed by atoms with Gasteiger partial charge in [-0.3, -0.25) is 14.4 Å². The van der Waals surface area contributed by atoms with Gasteiger partial charge in [0.25, 0.3) is 5.91 Å². The number of anilines is 2. The Balaban J connectivity index is 0.00000137. The molecule has 9 nitrogen and oxygen atoms in total. The number of aryl methyl sites for hydroxylation is 2. The molecule has 2 aliphatic heterocycles. The monoisotopic (exact) mass is 506 g/mol. The third-order valence-electron chi connectivity index (χ3n) is 7.07. The first-order chi connectivity index (χ1) is 18.0. The third-order valence-corrected chi connectivity index (χ3v) is 7.07. The molecule has 0 bridgehead atoms. The maximum Gasteiger partial charge on any atom is 0.257 e. The van der Waals surface area contributed by atoms with Crippen molar-refractivity contribution in [2.45, 2.75) is 33.2 Å². The lowest BCUT2D eigenvalue weighted by Gasteiger charge is -2.32. The van der Waals surface area contributed by atoms with Gasteiger partial charge in [0.15, 0.2) is 11.5 Å². The van der Waals surface area contributed by atoms with E-state index in [1.165, 1.54) is 6.07 Å². The van der Waals surface area contributed by atoms with Gasteiger partial charge in [-0.05, 0) is 25.5 Å². The Hall–Kier alpha value is -3.50. The van der Waals surface area contributed by atoms with Crippen LogP contribution < -0.4 is 15.5 Å². The van der Waals surface area contributed by atoms with E-state index in [9.17, 15) is 9.18 Å². The molecule has 2 fully saturated rings. The number of nitrogens with one attached hydrogen (secondary N) is 2. The van der Waals surface area contributed by atoms with E-state index in [4.69, 9.17) is 0 Å². The van der Waals surface area contributed by atoms with Gasteiger partial charge in [0, 0.05) is 88.1 Å². The Kier molecular flexibility index (Phi) is 7.12. The molecule has 37 heavy (non-hydrogen) atoms. The summed E-state index contributed by atoms with van der Waals surface area (Å²) < 4.78 is 17.8. The van der Waals surface area contributed by atoms with Gasteiger partial charge in [0.1, 0.15) is 5.52 Å². The van der Waals surface area contributed by atoms with Crippen LogP contribution in [0, 0.1) is 12.7 Å². The number of benzene rings is 1. The van der Waals surface area contributed by atoms with Gasteiger partial charge in [-0.15, -0.1) is 0 Å². The largest absolute Gasteiger partial charge is 0.369 e. The SMILES string of the molecule is CC.Cc1cn2cc(NC(=O)c3ccc(N4CCC(N5CCNCC5)C4)c4cn(C)nc34)cc(F)c2n1. The lowest BCUT2D eigenvalue weighted by atomic mass is 10.1. The molecule has 0 radical (unpaired) electrons. The molecular weight excluding hydrogens is 471 g/mol. The van der Waals surface area contributed by atoms with Crippen molar-refractivity contribution in [1.82, 2.24) is 29.4 Å². The first-order valence-corrected chi connectivity index (χ1v) is 13.1. The lowest BCUT2D eigenvalue weighted by molar-refractivity contribution is 0.102. The van der Waals surface area contributed by atoms with E-state index in [-0.39, 0.29) is 11.6 Å². The number of hydrogen-bond acceptors (Lipinski definition) is 6. The minimum atomic E-state index is -0.484. The zero-order valence-corrected chi connectivity index (χ0v) is 22.0. The van der Waals surface area contributed by atoms with Crippen molar-refractivity contribution < 1.29 is 9.18 Å². The molecule has 1 aromatic carbocycles. The number of imidazole rings is 1. The molecular formula is C27H35FN8O. The summed E-state index contributed by atoms with van der Waals surface area (Å²) in [6.07, 6.45) is 6.50. The predicted molar refractivity (Wildman–Crippen MR) is 145 cm³/mol. The van der Waals surface area contributed by atoms with Crippen molar-refractivity contribution in [3.05, 3.63) is 53.9 Å². The van der Waals surface area contributed by atoms with Crippen LogP contribution in [0.1, 0.15) is 36.3 Å². The summed E-state index contributed by atoms with van der Waals surface area (Å²) in [7, 11) is 1.86. The van der Waals surface area contributed by atoms with E-state index < -0.39 is 5.82 Å². The zero-order valence-electron chi connectivity index (χ0n) is 22.0. The summed E-state index contributed by atoms with van der Waals surface area (Å²) in [4.78, 5) is 22.4. The number of amides is 1. The second-order valence-corrected chi connectivity index (χ2v) is 9.52. The topological polar surface area (TPSA) is 82.7 Å². The average molecular weight is 507 g/mol. The summed E-state index contributed by atoms with van der Waals surface area (Å²) in [5, 5.41) is 11.8. The van der Waals surface area contributed by atoms with Gasteiger partial charge >= 0.3 is 0 Å². The Bertz CT molecular complexity index is 1420. The Morgan fingerprint density at radius 3 is 2.70 bits per heavy atom. The summed E-state index contributed by atoms with van der Waals surface area (Å²) >= 11 is 0. The molecule has 196 valence electrons. The van der Waals surface area contributed by atoms with E-state index in [2.05, 4.69) is 30.5 Å². The highest BCUT2D eigenvalue weighted by Crippen LogP contribution is 2.32. The average Bonchev–Trinajstić information content (AvgIpc) is 3.63. The van der Waals surface area contributed by atoms with E-state index in [0.29, 0.717) is 28.5 Å². The molecule has 5 heterocycles. The summed E-state index contributed by atoms with van der Waals surface area (Å²) in [5.41, 5.74) is 3.52. The van der Waals surface area contributed by atoms with Gasteiger partial charge in [-0.2, -0.15) is 5.10 Å². The molecule has 0 aliphatic carbocycles. The van der Waals surface area contributed by atoms with Crippen molar-refractivity contribution in [3.63, 3.8) is 0 Å². The number of piperazine rings is 1. The highest BCUT2D eigenvalue weighted by molar-refractivity contribution is 6.13. The Morgan fingerprint density at radius 2 is 1.92 bits per heavy atom. The lowest BCUT2D eigenvalue weighted by Crippen LogP contribution is -2.49. The number of carbonyl (C=O) groups excluding carboxylic acids is 1. The van der Waals surface area contributed by atoms with Crippen LogP contribution >= 0.6 is 0 Å². The number of pyridine rings is 1. The molecule has 2 saturated heterocycles. The van der Waals surface area contributed by atoms with Gasteiger partial charge in [0.05, 0.1) is 16.9 Å². The van der Waals surface area contributed by atoms with Gasteiger partial charge in [-0.25, -0.2) is 9.37 Å². The fourth-order valence-electron chi connectivity index (χ4n) is 5.42. The summed E-state index contributed by atoms with van der Waals surface area (Å²) in [6.45, 7) is 12.0. The highest BCUT2D eigenvalue weighted by Gasteiger charge is 2.30. The van der Waals surface area contributed by atoms with Crippen LogP contribution in [0.2, 0.25) is 0 Å². The molecule has 1 unspecified atom stereocenters. The molecule has 2 aliphatic rings. The number of aromatic nitrogens is 4. The quantitative estimate of drug-likeness (QED) is 0.441. The normalized spacial score (nSPS) is 18.3. The molecule has 10 heteroatoms. The predicted octanol–water partition coefficient (Wildman–Crippen LogP) is 3.43. The minimum Gasteiger partial charge on any atom is -0.369 e. The molecule has 1 amide bonds. The summed E-state index contributed by atoms with van der Waals surface area (Å²) in [6, 6.07) is 5.68. The van der Waals surface area contributed by atoms with Crippen LogP contribution in [0.15, 0.2) is 36.8 Å². The minimum absolute atomic E-state index is 0.238. The standard InChI is InChI=1S/C25H29FN8O.C2H6/c1-16-12-34-13-17(11-21(26)24(34)28-16)29-25(35)19-3-4-22(20-15-31(2)30-23(19)20)33-8-5-18(14-33)32-9-6-27-7-10-32;1-2/h3-4,11-13,15,18,27H,5-10,14H2,1-2H3,(H,29,35);1-2H3. The number of halogens is 1. The third kappa shape index (κ3) is 4.91. The van der Waals surface area contributed by atoms with E-state index in [1.54, 1.807) is 28.4 Å². The second-order valence-electron chi connectivity index (χ2n) is 9.52. The van der Waals surface area contributed by atoms with E-state index in [0.717, 1.165) is 56.8 Å². The smallest absolute Gasteiger partial charge is 0.257 e. The molecule has 4 aromatic rings. The van der Waals surface area contributed by atoms with Crippen molar-refractivity contribution in [2.24, 2.45) is 7.05 Å². The van der Waals surface area contributed by atoms with Crippen molar-refractivity contribution >= 4 is 33.8 Å². The molecule has 0 saturated carbocycles. The second kappa shape index (κ2) is 10.5. The fraction of sp³-hybridized carbons (Fsp3) is 0.444. The number of nitrogens with zero attached hydrogens (tertiary/aromatic N) is 6. The van der Waals surface area contributed by atoms with Gasteiger partial charge in [-0.1, -0.05) is 13.8 Å². The first kappa shape index (κ1) is 25.2. The number of carbonyl (C=O) groups is 1. The van der Waals surface area contributed by atoms with Crippen molar-refractivity contribution in [1.29, 1.82) is 0 Å². The molecule has 0 spiro atoms. The van der Waals surface area contributed by atoms with E-state index in [1.807, 2.05) is 39.2 Å². The molecule has 1 atom stereocenters. The van der Waals surface area contributed by atoms with Gasteiger partial charge < -0.3 is 19.9 Å².